The first-order valence-electron chi connectivity index (χ1n) is 7.83. The average molecular weight is 357 g/mol. The molecule has 0 aliphatic carbocycles. The molecule has 130 valence electrons. The van der Waals surface area contributed by atoms with Gasteiger partial charge in [-0.25, -0.2) is 0 Å². The average Bonchev–Trinajstić information content (AvgIpc) is 3.19. The van der Waals surface area contributed by atoms with E-state index in [1.54, 1.807) is 18.3 Å². The van der Waals surface area contributed by atoms with Crippen LogP contribution in [0.5, 0.6) is 5.75 Å². The zero-order chi connectivity index (χ0) is 17.1. The van der Waals surface area contributed by atoms with Crippen LogP contribution in [0.2, 0.25) is 5.02 Å². The molecule has 0 radical (unpaired) electrons. The van der Waals surface area contributed by atoms with Gasteiger partial charge in [0.1, 0.15) is 5.75 Å². The van der Waals surface area contributed by atoms with Crippen molar-refractivity contribution >= 4 is 11.6 Å². The van der Waals surface area contributed by atoms with Crippen LogP contribution in [0.4, 0.5) is 8.78 Å². The fourth-order valence-corrected chi connectivity index (χ4v) is 2.96. The summed E-state index contributed by atoms with van der Waals surface area (Å²) >= 11 is 5.88. The Hall–Kier alpha value is -1.70. The molecule has 1 saturated heterocycles. The van der Waals surface area contributed by atoms with E-state index in [0.717, 1.165) is 30.5 Å². The van der Waals surface area contributed by atoms with E-state index in [0.29, 0.717) is 12.1 Å². The van der Waals surface area contributed by atoms with Crippen LogP contribution in [0.1, 0.15) is 19.8 Å². The zero-order valence-corrected chi connectivity index (χ0v) is 13.9. The second kappa shape index (κ2) is 7.46. The SMILES string of the molecule is CCC1CC(Cn2cc(-c3ccc(Cl)c(OC(F)F)c3)cn2)NN1. The van der Waals surface area contributed by atoms with E-state index >= 15 is 0 Å². The molecule has 0 amide bonds. The van der Waals surface area contributed by atoms with Crippen molar-refractivity contribution in [2.45, 2.75) is 45.0 Å². The number of hydrogen-bond acceptors (Lipinski definition) is 4. The molecule has 8 heteroatoms. The molecule has 1 aliphatic rings. The summed E-state index contributed by atoms with van der Waals surface area (Å²) in [5, 5.41) is 4.50. The fourth-order valence-electron chi connectivity index (χ4n) is 2.79. The van der Waals surface area contributed by atoms with Gasteiger partial charge >= 0.3 is 6.61 Å². The lowest BCUT2D eigenvalue weighted by Gasteiger charge is -2.09. The Balaban J connectivity index is 1.71. The van der Waals surface area contributed by atoms with Crippen molar-refractivity contribution in [3.63, 3.8) is 0 Å². The summed E-state index contributed by atoms with van der Waals surface area (Å²) in [7, 11) is 0. The van der Waals surface area contributed by atoms with Crippen molar-refractivity contribution in [2.24, 2.45) is 0 Å². The van der Waals surface area contributed by atoms with E-state index in [1.807, 2.05) is 10.9 Å². The van der Waals surface area contributed by atoms with E-state index in [2.05, 4.69) is 27.6 Å². The molecular weight excluding hydrogens is 338 g/mol. The van der Waals surface area contributed by atoms with E-state index in [4.69, 9.17) is 11.6 Å². The summed E-state index contributed by atoms with van der Waals surface area (Å²) in [5.74, 6) is -0.0376. The summed E-state index contributed by atoms with van der Waals surface area (Å²) in [6.07, 6.45) is 5.70. The Morgan fingerprint density at radius 1 is 1.33 bits per heavy atom. The van der Waals surface area contributed by atoms with Gasteiger partial charge in [-0.05, 0) is 30.5 Å². The number of nitrogens with zero attached hydrogens (tertiary/aromatic N) is 2. The number of hydrogen-bond donors (Lipinski definition) is 2. The largest absolute Gasteiger partial charge is 0.433 e. The standard InChI is InChI=1S/C16H19ClF2N4O/c1-2-12-6-13(22-21-12)9-23-8-11(7-20-23)10-3-4-14(17)15(5-10)24-16(18)19/h3-5,7-8,12-13,16,21-22H,2,6,9H2,1H3. The van der Waals surface area contributed by atoms with Gasteiger partial charge in [0.2, 0.25) is 0 Å². The minimum Gasteiger partial charge on any atom is -0.433 e. The first kappa shape index (κ1) is 17.1. The van der Waals surface area contributed by atoms with Crippen molar-refractivity contribution in [1.29, 1.82) is 0 Å². The lowest BCUT2D eigenvalue weighted by Crippen LogP contribution is -2.35. The van der Waals surface area contributed by atoms with Crippen molar-refractivity contribution in [1.82, 2.24) is 20.6 Å². The van der Waals surface area contributed by atoms with Gasteiger partial charge in [-0.1, -0.05) is 24.6 Å². The van der Waals surface area contributed by atoms with Gasteiger partial charge in [-0.15, -0.1) is 0 Å². The molecule has 0 spiro atoms. The first-order valence-corrected chi connectivity index (χ1v) is 8.21. The molecule has 1 fully saturated rings. The molecule has 0 saturated carbocycles. The molecular formula is C16H19ClF2N4O. The maximum Gasteiger partial charge on any atom is 0.387 e. The van der Waals surface area contributed by atoms with Gasteiger partial charge < -0.3 is 4.74 Å². The lowest BCUT2D eigenvalue weighted by atomic mass is 10.1. The molecule has 2 unspecified atom stereocenters. The zero-order valence-electron chi connectivity index (χ0n) is 13.2. The normalized spacial score (nSPS) is 20.7. The Morgan fingerprint density at radius 2 is 2.12 bits per heavy atom. The van der Waals surface area contributed by atoms with Crippen LogP contribution in [-0.4, -0.2) is 28.5 Å². The molecule has 2 aromatic rings. The topological polar surface area (TPSA) is 51.1 Å². The maximum absolute atomic E-state index is 12.4. The van der Waals surface area contributed by atoms with Crippen LogP contribution in [0, 0.1) is 0 Å². The highest BCUT2D eigenvalue weighted by atomic mass is 35.5. The molecule has 3 rings (SSSR count). The molecule has 2 N–H and O–H groups in total. The summed E-state index contributed by atoms with van der Waals surface area (Å²) in [6.45, 7) is -0.0296. The third kappa shape index (κ3) is 4.03. The number of nitrogens with one attached hydrogen (secondary N) is 2. The minimum atomic E-state index is -2.91. The number of rotatable bonds is 6. The molecule has 1 aromatic heterocycles. The minimum absolute atomic E-state index is 0.0376. The second-order valence-electron chi connectivity index (χ2n) is 5.80. The molecule has 24 heavy (non-hydrogen) atoms. The molecule has 2 atom stereocenters. The smallest absolute Gasteiger partial charge is 0.387 e. The fraction of sp³-hybridized carbons (Fsp3) is 0.438. The molecule has 1 aliphatic heterocycles. The number of halogens is 3. The molecule has 0 bridgehead atoms. The van der Waals surface area contributed by atoms with Crippen LogP contribution in [0.3, 0.4) is 0 Å². The van der Waals surface area contributed by atoms with Gasteiger partial charge in [0, 0.05) is 23.8 Å². The number of alkyl halides is 2. The van der Waals surface area contributed by atoms with Crippen LogP contribution < -0.4 is 15.6 Å². The third-order valence-electron chi connectivity index (χ3n) is 4.07. The molecule has 2 heterocycles. The van der Waals surface area contributed by atoms with Crippen LogP contribution >= 0.6 is 11.6 Å². The van der Waals surface area contributed by atoms with Crippen LogP contribution in [0.25, 0.3) is 11.1 Å². The Labute approximate surface area is 143 Å². The van der Waals surface area contributed by atoms with Gasteiger partial charge in [0.15, 0.2) is 0 Å². The third-order valence-corrected chi connectivity index (χ3v) is 4.39. The summed E-state index contributed by atoms with van der Waals surface area (Å²) in [6, 6.07) is 5.59. The van der Waals surface area contributed by atoms with Crippen LogP contribution in [0.15, 0.2) is 30.6 Å². The Kier molecular flexibility index (Phi) is 5.33. The Bertz CT molecular complexity index is 694. The van der Waals surface area contributed by atoms with Gasteiger partial charge in [0.05, 0.1) is 17.8 Å². The Morgan fingerprint density at radius 3 is 2.83 bits per heavy atom. The van der Waals surface area contributed by atoms with Gasteiger partial charge in [-0.2, -0.15) is 13.9 Å². The van der Waals surface area contributed by atoms with Crippen molar-refractivity contribution in [3.8, 4) is 16.9 Å². The van der Waals surface area contributed by atoms with Crippen molar-refractivity contribution < 1.29 is 13.5 Å². The van der Waals surface area contributed by atoms with E-state index < -0.39 is 6.61 Å². The number of aromatic nitrogens is 2. The highest BCUT2D eigenvalue weighted by Crippen LogP contribution is 2.31. The summed E-state index contributed by atoms with van der Waals surface area (Å²) < 4.78 is 31.1. The van der Waals surface area contributed by atoms with Crippen LogP contribution in [-0.2, 0) is 6.54 Å². The number of ether oxygens (including phenoxy) is 1. The maximum atomic E-state index is 12.4. The predicted molar refractivity (Wildman–Crippen MR) is 88.1 cm³/mol. The molecule has 1 aromatic carbocycles. The number of benzene rings is 1. The van der Waals surface area contributed by atoms with E-state index in [9.17, 15) is 8.78 Å². The predicted octanol–water partition coefficient (Wildman–Crippen LogP) is 3.45. The molecule has 5 nitrogen and oxygen atoms in total. The highest BCUT2D eigenvalue weighted by Gasteiger charge is 2.22. The summed E-state index contributed by atoms with van der Waals surface area (Å²) in [4.78, 5) is 0. The van der Waals surface area contributed by atoms with Gasteiger partial charge in [0.25, 0.3) is 0 Å². The van der Waals surface area contributed by atoms with Crippen molar-refractivity contribution in [3.05, 3.63) is 35.6 Å². The number of hydrazine groups is 1. The van der Waals surface area contributed by atoms with E-state index in [1.165, 1.54) is 6.07 Å². The van der Waals surface area contributed by atoms with E-state index in [-0.39, 0.29) is 10.8 Å². The first-order chi connectivity index (χ1) is 11.5. The summed E-state index contributed by atoms with van der Waals surface area (Å²) in [5.41, 5.74) is 8.07. The monoisotopic (exact) mass is 356 g/mol. The second-order valence-corrected chi connectivity index (χ2v) is 6.21. The van der Waals surface area contributed by atoms with Crippen molar-refractivity contribution in [2.75, 3.05) is 0 Å². The van der Waals surface area contributed by atoms with Gasteiger partial charge in [-0.3, -0.25) is 15.5 Å². The lowest BCUT2D eigenvalue weighted by molar-refractivity contribution is -0.0497. The quantitative estimate of drug-likeness (QED) is 0.832. The highest BCUT2D eigenvalue weighted by molar-refractivity contribution is 6.32.